The largest absolute Gasteiger partial charge is 0.497 e. The Morgan fingerprint density at radius 3 is 2.65 bits per heavy atom. The first-order chi connectivity index (χ1) is 11.2. The molecule has 1 heterocycles. The molecule has 2 rings (SSSR count). The van der Waals surface area contributed by atoms with E-state index in [-0.39, 0.29) is 0 Å². The van der Waals surface area contributed by atoms with Crippen LogP contribution in [-0.2, 0) is 20.0 Å². The second-order valence-electron chi connectivity index (χ2n) is 5.10. The molecule has 0 aliphatic carbocycles. The second-order valence-corrected chi connectivity index (χ2v) is 5.10. The number of hydrogen-bond donors (Lipinski definition) is 2. The van der Waals surface area contributed by atoms with Gasteiger partial charge in [-0.05, 0) is 30.5 Å². The van der Waals surface area contributed by atoms with Crippen molar-refractivity contribution in [1.29, 1.82) is 0 Å². The van der Waals surface area contributed by atoms with E-state index in [0.717, 1.165) is 36.9 Å². The maximum absolute atomic E-state index is 5.16. The molecule has 0 unspecified atom stereocenters. The van der Waals surface area contributed by atoms with Gasteiger partial charge >= 0.3 is 0 Å². The van der Waals surface area contributed by atoms with Gasteiger partial charge in [0.05, 0.1) is 13.7 Å². The third-order valence-electron chi connectivity index (χ3n) is 3.54. The van der Waals surface area contributed by atoms with Crippen molar-refractivity contribution >= 4 is 5.96 Å². The number of guanidine groups is 1. The van der Waals surface area contributed by atoms with Gasteiger partial charge in [0.25, 0.3) is 0 Å². The van der Waals surface area contributed by atoms with E-state index in [2.05, 4.69) is 37.8 Å². The van der Waals surface area contributed by atoms with Gasteiger partial charge in [0.1, 0.15) is 17.9 Å². The highest BCUT2D eigenvalue weighted by Crippen LogP contribution is 2.12. The maximum atomic E-state index is 5.16. The Kier molecular flexibility index (Phi) is 6.40. The summed E-state index contributed by atoms with van der Waals surface area (Å²) in [6.45, 7) is 1.44. The summed E-state index contributed by atoms with van der Waals surface area (Å²) in [6, 6.07) is 8.17. The zero-order valence-corrected chi connectivity index (χ0v) is 13.9. The van der Waals surface area contributed by atoms with Crippen LogP contribution in [0.3, 0.4) is 0 Å². The predicted octanol–water partition coefficient (Wildman–Crippen LogP) is 1.12. The molecule has 23 heavy (non-hydrogen) atoms. The molecule has 0 atom stereocenters. The molecule has 0 aliphatic rings. The number of nitrogens with one attached hydrogen (secondary N) is 2. The summed E-state index contributed by atoms with van der Waals surface area (Å²) in [4.78, 5) is 8.37. The normalized spacial score (nSPS) is 11.3. The molecule has 0 radical (unpaired) electrons. The van der Waals surface area contributed by atoms with Crippen molar-refractivity contribution < 1.29 is 4.74 Å². The highest BCUT2D eigenvalue weighted by Gasteiger charge is 2.02. The summed E-state index contributed by atoms with van der Waals surface area (Å²) in [6.07, 6.45) is 3.58. The second kappa shape index (κ2) is 8.77. The van der Waals surface area contributed by atoms with Crippen molar-refractivity contribution in [3.63, 3.8) is 0 Å². The van der Waals surface area contributed by atoms with Gasteiger partial charge in [-0.25, -0.2) is 4.98 Å². The number of nitrogens with zero attached hydrogens (tertiary/aromatic N) is 4. The lowest BCUT2D eigenvalue weighted by atomic mass is 10.1. The minimum atomic E-state index is 0.592. The number of benzene rings is 1. The third-order valence-corrected chi connectivity index (χ3v) is 3.54. The quantitative estimate of drug-likeness (QED) is 0.455. The summed E-state index contributed by atoms with van der Waals surface area (Å²) in [5.74, 6) is 2.52. The molecule has 1 aromatic carbocycles. The van der Waals surface area contributed by atoms with E-state index in [1.165, 1.54) is 5.56 Å². The number of hydrogen-bond acceptors (Lipinski definition) is 4. The van der Waals surface area contributed by atoms with Crippen LogP contribution >= 0.6 is 0 Å². The van der Waals surface area contributed by atoms with E-state index in [1.54, 1.807) is 25.2 Å². The minimum absolute atomic E-state index is 0.592. The first kappa shape index (κ1) is 16.8. The molecule has 0 saturated carbocycles. The number of methoxy groups -OCH3 is 1. The van der Waals surface area contributed by atoms with Gasteiger partial charge in [0, 0.05) is 20.6 Å². The first-order valence-electron chi connectivity index (χ1n) is 7.63. The van der Waals surface area contributed by atoms with Crippen LogP contribution in [0, 0.1) is 0 Å². The summed E-state index contributed by atoms with van der Waals surface area (Å²) in [5, 5.41) is 10.6. The topological polar surface area (TPSA) is 76.4 Å². The molecule has 0 spiro atoms. The molecule has 124 valence electrons. The van der Waals surface area contributed by atoms with Crippen LogP contribution in [0.4, 0.5) is 0 Å². The Hall–Kier alpha value is -2.57. The van der Waals surface area contributed by atoms with E-state index in [0.29, 0.717) is 6.54 Å². The zero-order valence-electron chi connectivity index (χ0n) is 13.9. The van der Waals surface area contributed by atoms with Crippen LogP contribution < -0.4 is 15.4 Å². The number of aliphatic imine (C=N–C) groups is 1. The van der Waals surface area contributed by atoms with Crippen molar-refractivity contribution in [3.05, 3.63) is 42.0 Å². The van der Waals surface area contributed by atoms with E-state index >= 15 is 0 Å². The molecular formula is C16H24N6O. The molecule has 0 aliphatic heterocycles. The average molecular weight is 316 g/mol. The SMILES string of the molecule is CN=C(NCCCc1ccc(OC)cc1)NCc1ncnn1C. The molecule has 0 fully saturated rings. The Morgan fingerprint density at radius 2 is 2.04 bits per heavy atom. The highest BCUT2D eigenvalue weighted by atomic mass is 16.5. The van der Waals surface area contributed by atoms with E-state index < -0.39 is 0 Å². The van der Waals surface area contributed by atoms with Crippen molar-refractivity contribution in [2.75, 3.05) is 20.7 Å². The number of aryl methyl sites for hydroxylation is 2. The average Bonchev–Trinajstić information content (AvgIpc) is 3.00. The van der Waals surface area contributed by atoms with Gasteiger partial charge in [-0.15, -0.1) is 0 Å². The predicted molar refractivity (Wildman–Crippen MR) is 90.5 cm³/mol. The summed E-state index contributed by atoms with van der Waals surface area (Å²) in [7, 11) is 5.31. The lowest BCUT2D eigenvalue weighted by Crippen LogP contribution is -2.38. The standard InChI is InChI=1S/C16H24N6O/c1-17-16(19-11-15-20-12-21-22(15)2)18-10-4-5-13-6-8-14(23-3)9-7-13/h6-9,12H,4-5,10-11H2,1-3H3,(H2,17,18,19). The molecule has 0 bridgehead atoms. The lowest BCUT2D eigenvalue weighted by Gasteiger charge is -2.11. The fourth-order valence-electron chi connectivity index (χ4n) is 2.16. The summed E-state index contributed by atoms with van der Waals surface area (Å²) in [5.41, 5.74) is 1.30. The van der Waals surface area contributed by atoms with Gasteiger partial charge in [-0.2, -0.15) is 5.10 Å². The van der Waals surface area contributed by atoms with E-state index in [1.807, 2.05) is 19.2 Å². The van der Waals surface area contributed by atoms with Crippen LogP contribution in [-0.4, -0.2) is 41.4 Å². The molecule has 2 N–H and O–H groups in total. The summed E-state index contributed by atoms with van der Waals surface area (Å²) >= 11 is 0. The van der Waals surface area contributed by atoms with E-state index in [9.17, 15) is 0 Å². The van der Waals surface area contributed by atoms with Gasteiger partial charge in [0.15, 0.2) is 5.96 Å². The molecule has 0 saturated heterocycles. The number of ether oxygens (including phenoxy) is 1. The van der Waals surface area contributed by atoms with Crippen LogP contribution in [0.1, 0.15) is 17.8 Å². The highest BCUT2D eigenvalue weighted by molar-refractivity contribution is 5.79. The van der Waals surface area contributed by atoms with Gasteiger partial charge < -0.3 is 15.4 Å². The number of aromatic nitrogens is 3. The zero-order chi connectivity index (χ0) is 16.5. The van der Waals surface area contributed by atoms with Crippen molar-refractivity contribution in [1.82, 2.24) is 25.4 Å². The molecule has 0 amide bonds. The Morgan fingerprint density at radius 1 is 1.26 bits per heavy atom. The molecule has 7 nitrogen and oxygen atoms in total. The smallest absolute Gasteiger partial charge is 0.191 e. The van der Waals surface area contributed by atoms with Crippen LogP contribution in [0.25, 0.3) is 0 Å². The summed E-state index contributed by atoms with van der Waals surface area (Å²) < 4.78 is 6.90. The van der Waals surface area contributed by atoms with Gasteiger partial charge in [0.2, 0.25) is 0 Å². The molecule has 2 aromatic rings. The molecule has 1 aromatic heterocycles. The fourth-order valence-corrected chi connectivity index (χ4v) is 2.16. The molecule has 7 heteroatoms. The van der Waals surface area contributed by atoms with Crippen molar-refractivity contribution in [3.8, 4) is 5.75 Å². The molecular weight excluding hydrogens is 292 g/mol. The monoisotopic (exact) mass is 316 g/mol. The van der Waals surface area contributed by atoms with Gasteiger partial charge in [-0.1, -0.05) is 12.1 Å². The third kappa shape index (κ3) is 5.28. The Bertz CT molecular complexity index is 620. The Labute approximate surface area is 136 Å². The minimum Gasteiger partial charge on any atom is -0.497 e. The maximum Gasteiger partial charge on any atom is 0.191 e. The van der Waals surface area contributed by atoms with Crippen molar-refractivity contribution in [2.45, 2.75) is 19.4 Å². The van der Waals surface area contributed by atoms with Gasteiger partial charge in [-0.3, -0.25) is 9.67 Å². The lowest BCUT2D eigenvalue weighted by molar-refractivity contribution is 0.414. The van der Waals surface area contributed by atoms with E-state index in [4.69, 9.17) is 4.74 Å². The van der Waals surface area contributed by atoms with Crippen LogP contribution in [0.5, 0.6) is 5.75 Å². The first-order valence-corrected chi connectivity index (χ1v) is 7.63. The number of rotatable bonds is 7. The van der Waals surface area contributed by atoms with Crippen LogP contribution in [0.15, 0.2) is 35.6 Å². The van der Waals surface area contributed by atoms with Crippen LogP contribution in [0.2, 0.25) is 0 Å². The van der Waals surface area contributed by atoms with Crippen molar-refractivity contribution in [2.24, 2.45) is 12.0 Å². The fraction of sp³-hybridized carbons (Fsp3) is 0.438. The Balaban J connectivity index is 1.68.